The van der Waals surface area contributed by atoms with Crippen LogP contribution in [0.25, 0.3) is 0 Å². The average Bonchev–Trinajstić information content (AvgIpc) is 2.03. The number of carbonyl (C=O) groups is 1. The molecule has 0 spiro atoms. The summed E-state index contributed by atoms with van der Waals surface area (Å²) in [6.07, 6.45) is -0.874. The molecule has 0 atom stereocenters. The van der Waals surface area contributed by atoms with Crippen LogP contribution in [-0.2, 0) is 0 Å². The molecule has 0 radical (unpaired) electrons. The Labute approximate surface area is 80.2 Å². The Hall–Kier alpha value is -1.42. The molecule has 0 fully saturated rings. The highest BCUT2D eigenvalue weighted by Crippen LogP contribution is 2.28. The van der Waals surface area contributed by atoms with Crippen molar-refractivity contribution < 1.29 is 14.3 Å². The molecule has 0 aliphatic heterocycles. The van der Waals surface area contributed by atoms with Crippen LogP contribution in [-0.4, -0.2) is 13.2 Å². The highest BCUT2D eigenvalue weighted by Gasteiger charge is 2.03. The van der Waals surface area contributed by atoms with E-state index < -0.39 is 6.09 Å². The maximum Gasteiger partial charge on any atom is 0.409 e. The minimum atomic E-state index is -0.874. The van der Waals surface area contributed by atoms with E-state index in [-0.39, 0.29) is 0 Å². The molecular formula is C8H8ClNO3. The number of rotatable bonds is 2. The Balaban J connectivity index is 2.89. The normalized spacial score (nSPS) is 9.38. The smallest absolute Gasteiger partial charge is 0.409 e. The van der Waals surface area contributed by atoms with Gasteiger partial charge >= 0.3 is 6.09 Å². The van der Waals surface area contributed by atoms with Gasteiger partial charge in [0.25, 0.3) is 0 Å². The first-order chi connectivity index (χ1) is 6.13. The number of methoxy groups -OCH3 is 1. The van der Waals surface area contributed by atoms with Gasteiger partial charge < -0.3 is 15.2 Å². The number of hydrogen-bond acceptors (Lipinski definition) is 3. The van der Waals surface area contributed by atoms with E-state index >= 15 is 0 Å². The molecule has 0 aromatic heterocycles. The molecule has 1 rings (SSSR count). The van der Waals surface area contributed by atoms with Crippen molar-refractivity contribution in [2.75, 3.05) is 7.11 Å². The second kappa shape index (κ2) is 4.00. The van der Waals surface area contributed by atoms with Crippen LogP contribution in [0, 0.1) is 0 Å². The van der Waals surface area contributed by atoms with Crippen LogP contribution in [0.3, 0.4) is 0 Å². The number of amides is 1. The molecule has 0 aliphatic rings. The second-order valence-electron chi connectivity index (χ2n) is 2.22. The van der Waals surface area contributed by atoms with Crippen LogP contribution < -0.4 is 15.2 Å². The highest BCUT2D eigenvalue weighted by atomic mass is 35.5. The molecule has 0 unspecified atom stereocenters. The number of carbonyl (C=O) groups excluding carboxylic acids is 1. The van der Waals surface area contributed by atoms with E-state index in [2.05, 4.69) is 4.74 Å². The quantitative estimate of drug-likeness (QED) is 0.794. The zero-order chi connectivity index (χ0) is 9.84. The third-order valence-corrected chi connectivity index (χ3v) is 1.64. The van der Waals surface area contributed by atoms with Crippen LogP contribution in [0.2, 0.25) is 5.02 Å². The maximum absolute atomic E-state index is 10.4. The van der Waals surface area contributed by atoms with Crippen molar-refractivity contribution in [2.45, 2.75) is 0 Å². The van der Waals surface area contributed by atoms with E-state index in [0.29, 0.717) is 16.5 Å². The van der Waals surface area contributed by atoms with Crippen LogP contribution in [0.4, 0.5) is 4.79 Å². The lowest BCUT2D eigenvalue weighted by Crippen LogP contribution is -2.16. The first-order valence-electron chi connectivity index (χ1n) is 3.44. The van der Waals surface area contributed by atoms with E-state index in [1.807, 2.05) is 0 Å². The van der Waals surface area contributed by atoms with Gasteiger partial charge in [0, 0.05) is 6.07 Å². The number of hydrogen-bond donors (Lipinski definition) is 1. The molecule has 4 nitrogen and oxygen atoms in total. The van der Waals surface area contributed by atoms with Crippen molar-refractivity contribution in [3.8, 4) is 11.5 Å². The van der Waals surface area contributed by atoms with Gasteiger partial charge in [-0.15, -0.1) is 0 Å². The molecule has 0 saturated carbocycles. The zero-order valence-electron chi connectivity index (χ0n) is 6.91. The first kappa shape index (κ1) is 9.67. The minimum absolute atomic E-state index is 0.290. The molecular weight excluding hydrogens is 194 g/mol. The Kier molecular flexibility index (Phi) is 2.97. The summed E-state index contributed by atoms with van der Waals surface area (Å²) in [6, 6.07) is 4.57. The van der Waals surface area contributed by atoms with Gasteiger partial charge in [-0.25, -0.2) is 4.79 Å². The fourth-order valence-corrected chi connectivity index (χ4v) is 1.07. The standard InChI is InChI=1S/C8H8ClNO3/c1-12-7-3-2-5(4-6(7)9)13-8(10)11/h2-4H,1H3,(H2,10,11). The van der Waals surface area contributed by atoms with Crippen LogP contribution in [0.5, 0.6) is 11.5 Å². The van der Waals surface area contributed by atoms with E-state index in [1.54, 1.807) is 6.07 Å². The number of halogens is 1. The van der Waals surface area contributed by atoms with Gasteiger partial charge in [-0.2, -0.15) is 0 Å². The molecule has 5 heteroatoms. The van der Waals surface area contributed by atoms with Gasteiger partial charge in [0.1, 0.15) is 11.5 Å². The largest absolute Gasteiger partial charge is 0.495 e. The topological polar surface area (TPSA) is 61.6 Å². The lowest BCUT2D eigenvalue weighted by Gasteiger charge is -2.04. The molecule has 0 heterocycles. The van der Waals surface area contributed by atoms with Crippen molar-refractivity contribution in [3.05, 3.63) is 23.2 Å². The Morgan fingerprint density at radius 2 is 2.23 bits per heavy atom. The van der Waals surface area contributed by atoms with Crippen LogP contribution >= 0.6 is 11.6 Å². The zero-order valence-corrected chi connectivity index (χ0v) is 7.67. The fraction of sp³-hybridized carbons (Fsp3) is 0.125. The van der Waals surface area contributed by atoms with Gasteiger partial charge in [-0.3, -0.25) is 0 Å². The highest BCUT2D eigenvalue weighted by molar-refractivity contribution is 6.32. The summed E-state index contributed by atoms with van der Waals surface area (Å²) in [4.78, 5) is 10.4. The van der Waals surface area contributed by atoms with Crippen molar-refractivity contribution in [1.29, 1.82) is 0 Å². The van der Waals surface area contributed by atoms with Crippen molar-refractivity contribution in [1.82, 2.24) is 0 Å². The van der Waals surface area contributed by atoms with Gasteiger partial charge in [0.05, 0.1) is 12.1 Å². The van der Waals surface area contributed by atoms with E-state index in [0.717, 1.165) is 0 Å². The summed E-state index contributed by atoms with van der Waals surface area (Å²) in [5.74, 6) is 0.803. The predicted molar refractivity (Wildman–Crippen MR) is 48.2 cm³/mol. The summed E-state index contributed by atoms with van der Waals surface area (Å²) >= 11 is 5.76. The Bertz CT molecular complexity index is 327. The lowest BCUT2D eigenvalue weighted by atomic mass is 10.3. The molecule has 1 amide bonds. The molecule has 70 valence electrons. The number of primary amides is 1. The van der Waals surface area contributed by atoms with Crippen LogP contribution in [0.1, 0.15) is 0 Å². The van der Waals surface area contributed by atoms with Crippen molar-refractivity contribution in [3.63, 3.8) is 0 Å². The van der Waals surface area contributed by atoms with Crippen LogP contribution in [0.15, 0.2) is 18.2 Å². The third-order valence-electron chi connectivity index (χ3n) is 1.34. The minimum Gasteiger partial charge on any atom is -0.495 e. The Morgan fingerprint density at radius 1 is 1.54 bits per heavy atom. The molecule has 2 N–H and O–H groups in total. The summed E-state index contributed by atoms with van der Waals surface area (Å²) in [5, 5.41) is 0.362. The molecule has 1 aromatic carbocycles. The number of nitrogens with two attached hydrogens (primary N) is 1. The van der Waals surface area contributed by atoms with E-state index in [4.69, 9.17) is 22.1 Å². The summed E-state index contributed by atoms with van der Waals surface area (Å²) in [6.45, 7) is 0. The summed E-state index contributed by atoms with van der Waals surface area (Å²) in [7, 11) is 1.50. The molecule has 0 aliphatic carbocycles. The Morgan fingerprint density at radius 3 is 2.69 bits per heavy atom. The lowest BCUT2D eigenvalue weighted by molar-refractivity contribution is 0.211. The predicted octanol–water partition coefficient (Wildman–Crippen LogP) is 1.81. The maximum atomic E-state index is 10.4. The van der Waals surface area contributed by atoms with Crippen molar-refractivity contribution >= 4 is 17.7 Å². The summed E-state index contributed by atoms with van der Waals surface area (Å²) < 4.78 is 9.49. The van der Waals surface area contributed by atoms with E-state index in [9.17, 15) is 4.79 Å². The first-order valence-corrected chi connectivity index (χ1v) is 3.82. The molecule has 13 heavy (non-hydrogen) atoms. The molecule has 1 aromatic rings. The van der Waals surface area contributed by atoms with Crippen molar-refractivity contribution in [2.24, 2.45) is 5.73 Å². The van der Waals surface area contributed by atoms with Gasteiger partial charge in [-0.05, 0) is 12.1 Å². The third kappa shape index (κ3) is 2.52. The molecule has 0 saturated heterocycles. The SMILES string of the molecule is COc1ccc(OC(N)=O)cc1Cl. The monoisotopic (exact) mass is 201 g/mol. The molecule has 0 bridgehead atoms. The fourth-order valence-electron chi connectivity index (χ4n) is 0.827. The van der Waals surface area contributed by atoms with E-state index in [1.165, 1.54) is 19.2 Å². The van der Waals surface area contributed by atoms with Gasteiger partial charge in [0.15, 0.2) is 0 Å². The second-order valence-corrected chi connectivity index (χ2v) is 2.62. The summed E-state index contributed by atoms with van der Waals surface area (Å²) in [5.41, 5.74) is 4.81. The average molecular weight is 202 g/mol. The number of ether oxygens (including phenoxy) is 2. The van der Waals surface area contributed by atoms with Gasteiger partial charge in [0.2, 0.25) is 0 Å². The number of benzene rings is 1. The van der Waals surface area contributed by atoms with Gasteiger partial charge in [-0.1, -0.05) is 11.6 Å².